The van der Waals surface area contributed by atoms with Crippen LogP contribution in [0.15, 0.2) is 0 Å². The highest BCUT2D eigenvalue weighted by molar-refractivity contribution is 4.89. The molecule has 1 heterocycles. The summed E-state index contributed by atoms with van der Waals surface area (Å²) in [6, 6.07) is 0. The number of hydrogen-bond acceptors (Lipinski definition) is 5. The number of ether oxygens (including phenoxy) is 2. The van der Waals surface area contributed by atoms with Crippen LogP contribution in [-0.4, -0.2) is 54.6 Å². The first-order valence-corrected chi connectivity index (χ1v) is 4.00. The van der Waals surface area contributed by atoms with Gasteiger partial charge in [0, 0.05) is 13.7 Å². The van der Waals surface area contributed by atoms with Crippen LogP contribution in [-0.2, 0) is 9.47 Å². The highest BCUT2D eigenvalue weighted by Crippen LogP contribution is 2.23. The zero-order valence-electron chi connectivity index (χ0n) is 7.26. The number of alkyl halides is 1. The van der Waals surface area contributed by atoms with Gasteiger partial charge in [0.05, 0.1) is 0 Å². The molecule has 0 aromatic heterocycles. The van der Waals surface area contributed by atoms with Crippen LogP contribution in [0.2, 0.25) is 0 Å². The molecule has 0 aromatic carbocycles. The monoisotopic (exact) mass is 195 g/mol. The first-order valence-electron chi connectivity index (χ1n) is 4.00. The molecule has 78 valence electrons. The van der Waals surface area contributed by atoms with Crippen LogP contribution in [0.4, 0.5) is 4.39 Å². The summed E-state index contributed by atoms with van der Waals surface area (Å²) in [6.45, 7) is -0.0197. The molecule has 0 radical (unpaired) electrons. The summed E-state index contributed by atoms with van der Waals surface area (Å²) in [6.07, 6.45) is -6.54. The zero-order chi connectivity index (χ0) is 10.0. The number of hydrogen-bond donors (Lipinski definition) is 3. The normalized spacial score (nSPS) is 46.4. The van der Waals surface area contributed by atoms with Crippen LogP contribution in [0.1, 0.15) is 0 Å². The summed E-state index contributed by atoms with van der Waals surface area (Å²) in [5.74, 6) is 0. The van der Waals surface area contributed by atoms with Gasteiger partial charge in [-0.3, -0.25) is 0 Å². The molecule has 0 aromatic rings. The molecule has 1 fully saturated rings. The van der Waals surface area contributed by atoms with Crippen LogP contribution in [0, 0.1) is 0 Å². The number of nitrogens with two attached hydrogens (primary N) is 1. The van der Waals surface area contributed by atoms with E-state index in [1.54, 1.807) is 0 Å². The maximum absolute atomic E-state index is 13.1. The van der Waals surface area contributed by atoms with Crippen molar-refractivity contribution in [1.29, 1.82) is 0 Å². The number of aliphatic hydroxyl groups is 2. The molecule has 1 aliphatic heterocycles. The summed E-state index contributed by atoms with van der Waals surface area (Å²) in [7, 11) is 1.28. The van der Waals surface area contributed by atoms with Gasteiger partial charge in [0.25, 0.3) is 0 Å². The highest BCUT2D eigenvalue weighted by atomic mass is 19.1. The standard InChI is InChI=1S/C7H14FNO4/c1-12-7-6(11)4(8)5(10)3(2-9)13-7/h3-7,10-11H,2,9H2,1H3/t3?,4?,5?,6?,7-/m0/s1. The Morgan fingerprint density at radius 3 is 2.54 bits per heavy atom. The molecule has 0 aliphatic carbocycles. The number of halogens is 1. The summed E-state index contributed by atoms with van der Waals surface area (Å²) in [5.41, 5.74) is 5.23. The molecular weight excluding hydrogens is 181 g/mol. The van der Waals surface area contributed by atoms with Gasteiger partial charge in [0.1, 0.15) is 18.3 Å². The van der Waals surface area contributed by atoms with Crippen LogP contribution < -0.4 is 5.73 Å². The Balaban J connectivity index is 2.66. The smallest absolute Gasteiger partial charge is 0.186 e. The molecule has 4 unspecified atom stereocenters. The molecule has 1 aliphatic rings. The SMILES string of the molecule is CO[C@H]1OC(CN)C(O)C(F)C1O. The third-order valence-electron chi connectivity index (χ3n) is 2.09. The number of methoxy groups -OCH3 is 1. The Morgan fingerprint density at radius 1 is 1.46 bits per heavy atom. The van der Waals surface area contributed by atoms with Gasteiger partial charge in [0.15, 0.2) is 12.5 Å². The Bertz CT molecular complexity index is 151. The second-order valence-electron chi connectivity index (χ2n) is 2.94. The molecule has 6 heteroatoms. The van der Waals surface area contributed by atoms with Crippen molar-refractivity contribution in [3.63, 3.8) is 0 Å². The molecule has 0 amide bonds. The lowest BCUT2D eigenvalue weighted by atomic mass is 10.0. The minimum Gasteiger partial charge on any atom is -0.387 e. The summed E-state index contributed by atoms with van der Waals surface area (Å²) in [5, 5.41) is 18.4. The van der Waals surface area contributed by atoms with Gasteiger partial charge >= 0.3 is 0 Å². The van der Waals surface area contributed by atoms with Crippen molar-refractivity contribution in [3.8, 4) is 0 Å². The van der Waals surface area contributed by atoms with E-state index in [1.807, 2.05) is 0 Å². The van der Waals surface area contributed by atoms with Gasteiger partial charge < -0.3 is 25.4 Å². The molecule has 4 N–H and O–H groups in total. The Hall–Kier alpha value is -0.270. The number of rotatable bonds is 2. The van der Waals surface area contributed by atoms with Crippen molar-refractivity contribution in [2.24, 2.45) is 5.73 Å². The maximum atomic E-state index is 13.1. The van der Waals surface area contributed by atoms with Crippen molar-refractivity contribution in [2.45, 2.75) is 30.8 Å². The molecule has 0 bridgehead atoms. The summed E-state index contributed by atoms with van der Waals surface area (Å²) < 4.78 is 22.8. The second kappa shape index (κ2) is 4.30. The molecule has 5 nitrogen and oxygen atoms in total. The first kappa shape index (κ1) is 10.8. The minimum absolute atomic E-state index is 0.0197. The predicted molar refractivity (Wildman–Crippen MR) is 41.6 cm³/mol. The van der Waals surface area contributed by atoms with E-state index in [9.17, 15) is 14.6 Å². The molecular formula is C7H14FNO4. The highest BCUT2D eigenvalue weighted by Gasteiger charge is 2.44. The van der Waals surface area contributed by atoms with E-state index in [0.717, 1.165) is 0 Å². The first-order chi connectivity index (χ1) is 6.11. The van der Waals surface area contributed by atoms with Gasteiger partial charge in [-0.05, 0) is 0 Å². The van der Waals surface area contributed by atoms with E-state index in [0.29, 0.717) is 0 Å². The maximum Gasteiger partial charge on any atom is 0.186 e. The average molecular weight is 195 g/mol. The van der Waals surface area contributed by atoms with Crippen molar-refractivity contribution in [2.75, 3.05) is 13.7 Å². The fourth-order valence-corrected chi connectivity index (χ4v) is 1.28. The van der Waals surface area contributed by atoms with Crippen molar-refractivity contribution in [3.05, 3.63) is 0 Å². The van der Waals surface area contributed by atoms with Gasteiger partial charge in [-0.25, -0.2) is 4.39 Å². The molecule has 1 saturated heterocycles. The number of aliphatic hydroxyl groups excluding tert-OH is 2. The lowest BCUT2D eigenvalue weighted by molar-refractivity contribution is -0.275. The fourth-order valence-electron chi connectivity index (χ4n) is 1.28. The Kier molecular flexibility index (Phi) is 3.57. The van der Waals surface area contributed by atoms with E-state index in [2.05, 4.69) is 4.74 Å². The van der Waals surface area contributed by atoms with E-state index < -0.39 is 30.8 Å². The van der Waals surface area contributed by atoms with E-state index >= 15 is 0 Å². The van der Waals surface area contributed by atoms with Crippen LogP contribution in [0.3, 0.4) is 0 Å². The molecule has 5 atom stereocenters. The third-order valence-corrected chi connectivity index (χ3v) is 2.09. The van der Waals surface area contributed by atoms with Gasteiger partial charge in [-0.15, -0.1) is 0 Å². The average Bonchev–Trinajstić information content (AvgIpc) is 2.15. The third kappa shape index (κ3) is 1.97. The molecule has 0 saturated carbocycles. The Morgan fingerprint density at radius 2 is 2.08 bits per heavy atom. The minimum atomic E-state index is -1.78. The zero-order valence-corrected chi connectivity index (χ0v) is 7.26. The van der Waals surface area contributed by atoms with Gasteiger partial charge in [-0.2, -0.15) is 0 Å². The summed E-state index contributed by atoms with van der Waals surface area (Å²) in [4.78, 5) is 0. The second-order valence-corrected chi connectivity index (χ2v) is 2.94. The summed E-state index contributed by atoms with van der Waals surface area (Å²) >= 11 is 0. The van der Waals surface area contributed by atoms with Crippen molar-refractivity contribution < 1.29 is 24.1 Å². The van der Waals surface area contributed by atoms with Crippen molar-refractivity contribution >= 4 is 0 Å². The lowest BCUT2D eigenvalue weighted by Gasteiger charge is -2.38. The van der Waals surface area contributed by atoms with Gasteiger partial charge in [0.2, 0.25) is 0 Å². The predicted octanol–water partition coefficient (Wildman–Crippen LogP) is -1.62. The largest absolute Gasteiger partial charge is 0.387 e. The quantitative estimate of drug-likeness (QED) is 0.493. The molecule has 13 heavy (non-hydrogen) atoms. The van der Waals surface area contributed by atoms with E-state index in [-0.39, 0.29) is 6.54 Å². The Labute approximate surface area is 75.2 Å². The van der Waals surface area contributed by atoms with E-state index in [1.165, 1.54) is 7.11 Å². The van der Waals surface area contributed by atoms with Crippen LogP contribution in [0.25, 0.3) is 0 Å². The van der Waals surface area contributed by atoms with Crippen molar-refractivity contribution in [1.82, 2.24) is 0 Å². The fraction of sp³-hybridized carbons (Fsp3) is 1.00. The van der Waals surface area contributed by atoms with Gasteiger partial charge in [-0.1, -0.05) is 0 Å². The topological polar surface area (TPSA) is 84.9 Å². The molecule has 1 rings (SSSR count). The molecule has 0 spiro atoms. The van der Waals surface area contributed by atoms with Crippen LogP contribution >= 0.6 is 0 Å². The van der Waals surface area contributed by atoms with E-state index in [4.69, 9.17) is 10.5 Å². The van der Waals surface area contributed by atoms with Crippen LogP contribution in [0.5, 0.6) is 0 Å². The lowest BCUT2D eigenvalue weighted by Crippen LogP contribution is -2.58.